The minimum atomic E-state index is -0.905. The number of nitrogens with zero attached hydrogens (tertiary/aromatic N) is 2. The third-order valence-corrected chi connectivity index (χ3v) is 3.66. The van der Waals surface area contributed by atoms with E-state index in [0.717, 1.165) is 42.4 Å². The lowest BCUT2D eigenvalue weighted by Gasteiger charge is -2.19. The van der Waals surface area contributed by atoms with Crippen molar-refractivity contribution < 1.29 is 9.90 Å². The summed E-state index contributed by atoms with van der Waals surface area (Å²) in [5.41, 5.74) is 2.28. The summed E-state index contributed by atoms with van der Waals surface area (Å²) >= 11 is 0. The van der Waals surface area contributed by atoms with Crippen LogP contribution in [0.25, 0.3) is 10.9 Å². The van der Waals surface area contributed by atoms with Gasteiger partial charge in [-0.3, -0.25) is 0 Å². The highest BCUT2D eigenvalue weighted by Gasteiger charge is 2.21. The Hall–Kier alpha value is -2.10. The van der Waals surface area contributed by atoms with Crippen molar-refractivity contribution in [3.63, 3.8) is 0 Å². The molecule has 0 bridgehead atoms. The average Bonchev–Trinajstić information content (AvgIpc) is 2.91. The van der Waals surface area contributed by atoms with Gasteiger partial charge in [0.1, 0.15) is 11.4 Å². The predicted octanol–water partition coefficient (Wildman–Crippen LogP) is 2.84. The van der Waals surface area contributed by atoms with Gasteiger partial charge < -0.3 is 10.0 Å². The third kappa shape index (κ3) is 2.03. The summed E-state index contributed by atoms with van der Waals surface area (Å²) in [6.07, 6.45) is 2.21. The summed E-state index contributed by atoms with van der Waals surface area (Å²) in [6.45, 7) is 3.79. The van der Waals surface area contributed by atoms with E-state index < -0.39 is 5.97 Å². The summed E-state index contributed by atoms with van der Waals surface area (Å²) < 4.78 is 0. The van der Waals surface area contributed by atoms with E-state index in [-0.39, 0.29) is 0 Å². The molecule has 0 radical (unpaired) electrons. The fraction of sp³-hybridized carbons (Fsp3) is 0.333. The molecule has 2 aromatic rings. The number of carbonyl (C=O) groups is 1. The number of hydrogen-bond donors (Lipinski definition) is 1. The monoisotopic (exact) mass is 256 g/mol. The quantitative estimate of drug-likeness (QED) is 0.897. The molecule has 0 aliphatic carbocycles. The van der Waals surface area contributed by atoms with Crippen LogP contribution < -0.4 is 4.90 Å². The standard InChI is InChI=1S/C15H16N2O2/c1-10-5-4-6-11-9-12(15(18)19)14(16-13(10)11)17-7-2-3-8-17/h4-6,9H,2-3,7-8H2,1H3,(H,18,19). The molecule has 1 aromatic carbocycles. The van der Waals surface area contributed by atoms with Crippen molar-refractivity contribution in [1.29, 1.82) is 0 Å². The summed E-state index contributed by atoms with van der Waals surface area (Å²) in [4.78, 5) is 18.1. The molecule has 0 atom stereocenters. The summed E-state index contributed by atoms with van der Waals surface area (Å²) in [7, 11) is 0. The third-order valence-electron chi connectivity index (χ3n) is 3.66. The van der Waals surface area contributed by atoms with E-state index in [1.54, 1.807) is 6.07 Å². The van der Waals surface area contributed by atoms with E-state index >= 15 is 0 Å². The number of anilines is 1. The molecule has 1 aromatic heterocycles. The molecule has 0 unspecified atom stereocenters. The summed E-state index contributed by atoms with van der Waals surface area (Å²) in [5, 5.41) is 10.3. The van der Waals surface area contributed by atoms with E-state index in [0.29, 0.717) is 11.4 Å². The van der Waals surface area contributed by atoms with Crippen LogP contribution in [0.5, 0.6) is 0 Å². The van der Waals surface area contributed by atoms with Crippen LogP contribution in [0.2, 0.25) is 0 Å². The minimum Gasteiger partial charge on any atom is -0.478 e. The minimum absolute atomic E-state index is 0.306. The van der Waals surface area contributed by atoms with Crippen LogP contribution in [-0.2, 0) is 0 Å². The van der Waals surface area contributed by atoms with Gasteiger partial charge in [-0.15, -0.1) is 0 Å². The highest BCUT2D eigenvalue weighted by atomic mass is 16.4. The van der Waals surface area contributed by atoms with Crippen LogP contribution in [-0.4, -0.2) is 29.1 Å². The van der Waals surface area contributed by atoms with Gasteiger partial charge in [0.15, 0.2) is 0 Å². The number of carboxylic acids is 1. The van der Waals surface area contributed by atoms with Crippen LogP contribution >= 0.6 is 0 Å². The molecule has 0 spiro atoms. The number of aryl methyl sites for hydroxylation is 1. The first kappa shape index (κ1) is 12.0. The SMILES string of the molecule is Cc1cccc2cc(C(=O)O)c(N3CCCC3)nc12. The second-order valence-corrected chi connectivity index (χ2v) is 5.01. The molecule has 98 valence electrons. The van der Waals surface area contributed by atoms with Gasteiger partial charge in [-0.2, -0.15) is 0 Å². The fourth-order valence-electron chi connectivity index (χ4n) is 2.66. The van der Waals surface area contributed by atoms with Crippen molar-refractivity contribution in [2.45, 2.75) is 19.8 Å². The lowest BCUT2D eigenvalue weighted by molar-refractivity contribution is 0.0697. The van der Waals surface area contributed by atoms with Crippen LogP contribution in [0.3, 0.4) is 0 Å². The summed E-state index contributed by atoms with van der Waals surface area (Å²) in [6, 6.07) is 7.59. The van der Waals surface area contributed by atoms with Gasteiger partial charge in [-0.05, 0) is 31.4 Å². The van der Waals surface area contributed by atoms with Gasteiger partial charge in [0.2, 0.25) is 0 Å². The van der Waals surface area contributed by atoms with Crippen LogP contribution in [0.4, 0.5) is 5.82 Å². The fourth-order valence-corrected chi connectivity index (χ4v) is 2.66. The van der Waals surface area contributed by atoms with E-state index in [1.807, 2.05) is 25.1 Å². The average molecular weight is 256 g/mol. The normalized spacial score (nSPS) is 15.1. The first-order chi connectivity index (χ1) is 9.16. The maximum absolute atomic E-state index is 11.4. The van der Waals surface area contributed by atoms with Crippen molar-refractivity contribution in [2.24, 2.45) is 0 Å². The Morgan fingerprint density at radius 2 is 2.05 bits per heavy atom. The largest absolute Gasteiger partial charge is 0.478 e. The number of rotatable bonds is 2. The molecule has 2 heterocycles. The van der Waals surface area contributed by atoms with E-state index in [9.17, 15) is 9.90 Å². The Morgan fingerprint density at radius 3 is 2.74 bits per heavy atom. The highest BCUT2D eigenvalue weighted by molar-refractivity contribution is 5.98. The molecule has 4 heteroatoms. The molecular weight excluding hydrogens is 240 g/mol. The van der Waals surface area contributed by atoms with Gasteiger partial charge in [-0.25, -0.2) is 9.78 Å². The van der Waals surface area contributed by atoms with Crippen LogP contribution in [0.15, 0.2) is 24.3 Å². The molecule has 1 fully saturated rings. The first-order valence-electron chi connectivity index (χ1n) is 6.55. The molecule has 0 amide bonds. The highest BCUT2D eigenvalue weighted by Crippen LogP contribution is 2.27. The molecular formula is C15H16N2O2. The van der Waals surface area contributed by atoms with Crippen molar-refractivity contribution in [3.05, 3.63) is 35.4 Å². The molecule has 0 saturated carbocycles. The van der Waals surface area contributed by atoms with Gasteiger partial charge in [0.05, 0.1) is 5.52 Å². The smallest absolute Gasteiger partial charge is 0.339 e. The Bertz CT molecular complexity index is 646. The van der Waals surface area contributed by atoms with Crippen molar-refractivity contribution in [3.8, 4) is 0 Å². The maximum atomic E-state index is 11.4. The van der Waals surface area contributed by atoms with Crippen LogP contribution in [0.1, 0.15) is 28.8 Å². The molecule has 1 N–H and O–H groups in total. The molecule has 1 aliphatic rings. The number of hydrogen-bond acceptors (Lipinski definition) is 3. The predicted molar refractivity (Wildman–Crippen MR) is 74.9 cm³/mol. The van der Waals surface area contributed by atoms with Gasteiger partial charge >= 0.3 is 5.97 Å². The van der Waals surface area contributed by atoms with Gasteiger partial charge in [-0.1, -0.05) is 18.2 Å². The maximum Gasteiger partial charge on any atom is 0.339 e. The molecule has 19 heavy (non-hydrogen) atoms. The molecule has 1 aliphatic heterocycles. The van der Waals surface area contributed by atoms with Crippen molar-refractivity contribution >= 4 is 22.7 Å². The van der Waals surface area contributed by atoms with Crippen molar-refractivity contribution in [2.75, 3.05) is 18.0 Å². The lowest BCUT2D eigenvalue weighted by Crippen LogP contribution is -2.22. The zero-order valence-electron chi connectivity index (χ0n) is 10.9. The molecule has 3 rings (SSSR count). The number of aromatic carboxylic acids is 1. The molecule has 1 saturated heterocycles. The van der Waals surface area contributed by atoms with Gasteiger partial charge in [0, 0.05) is 18.5 Å². The van der Waals surface area contributed by atoms with E-state index in [2.05, 4.69) is 9.88 Å². The van der Waals surface area contributed by atoms with Crippen LogP contribution in [0, 0.1) is 6.92 Å². The topological polar surface area (TPSA) is 53.4 Å². The number of aromatic nitrogens is 1. The zero-order chi connectivity index (χ0) is 13.4. The Kier molecular flexibility index (Phi) is 2.85. The number of carboxylic acid groups (broad SMARTS) is 1. The second kappa shape index (κ2) is 4.53. The Labute approximate surface area is 111 Å². The van der Waals surface area contributed by atoms with Crippen molar-refractivity contribution in [1.82, 2.24) is 4.98 Å². The van der Waals surface area contributed by atoms with E-state index in [4.69, 9.17) is 0 Å². The number of benzene rings is 1. The number of para-hydroxylation sites is 1. The first-order valence-corrected chi connectivity index (χ1v) is 6.55. The number of fused-ring (bicyclic) bond motifs is 1. The lowest BCUT2D eigenvalue weighted by atomic mass is 10.1. The summed E-state index contributed by atoms with van der Waals surface area (Å²) in [5.74, 6) is -0.287. The Balaban J connectivity index is 2.24. The zero-order valence-corrected chi connectivity index (χ0v) is 10.9. The van der Waals surface area contributed by atoms with Gasteiger partial charge in [0.25, 0.3) is 0 Å². The number of pyridine rings is 1. The molecule has 4 nitrogen and oxygen atoms in total. The second-order valence-electron chi connectivity index (χ2n) is 5.01. The Morgan fingerprint density at radius 1 is 1.32 bits per heavy atom. The van der Waals surface area contributed by atoms with E-state index in [1.165, 1.54) is 0 Å².